The third-order valence-electron chi connectivity index (χ3n) is 6.63. The van der Waals surface area contributed by atoms with Crippen LogP contribution < -0.4 is 10.1 Å². The molecule has 2 bridgehead atoms. The number of aromatic nitrogens is 1. The van der Waals surface area contributed by atoms with Crippen molar-refractivity contribution in [2.24, 2.45) is 0 Å². The van der Waals surface area contributed by atoms with Crippen molar-refractivity contribution < 1.29 is 19.1 Å². The maximum absolute atomic E-state index is 13.8. The molecule has 37 heavy (non-hydrogen) atoms. The second-order valence-electron chi connectivity index (χ2n) is 8.92. The number of nitrogens with one attached hydrogen (secondary N) is 1. The van der Waals surface area contributed by atoms with Crippen molar-refractivity contribution >= 4 is 57.3 Å². The number of thiazole rings is 1. The summed E-state index contributed by atoms with van der Waals surface area (Å²) in [6.07, 6.45) is 4.79. The van der Waals surface area contributed by atoms with E-state index in [1.54, 1.807) is 29.7 Å². The molecule has 2 aliphatic rings. The fourth-order valence-electron chi connectivity index (χ4n) is 4.83. The molecule has 11 heteroatoms. The minimum atomic E-state index is -0.190. The van der Waals surface area contributed by atoms with Gasteiger partial charge in [-0.05, 0) is 55.0 Å². The van der Waals surface area contributed by atoms with Gasteiger partial charge in [0.05, 0.1) is 40.7 Å². The van der Waals surface area contributed by atoms with Gasteiger partial charge in [-0.15, -0.1) is 0 Å². The van der Waals surface area contributed by atoms with Crippen LogP contribution in [0.4, 0.5) is 5.13 Å². The SMILES string of the molecule is C=CC(=O)N1C[C@H]2CC[C@@H](C1)N2C(=O)c1cc(Sc2cnc(NC(=O)c3ccsc3)s2)c(C)cc1OC. The number of hydrogen-bond acceptors (Lipinski definition) is 8. The normalized spacial score (nSPS) is 18.5. The first-order chi connectivity index (χ1) is 17.9. The number of nitrogens with zero attached hydrogens (tertiary/aromatic N) is 3. The number of ether oxygens (including phenoxy) is 1. The number of likely N-dealkylation sites (tertiary alicyclic amines) is 1. The van der Waals surface area contributed by atoms with Crippen LogP contribution in [0.3, 0.4) is 0 Å². The summed E-state index contributed by atoms with van der Waals surface area (Å²) < 4.78 is 6.50. The summed E-state index contributed by atoms with van der Waals surface area (Å²) in [6.45, 7) is 6.61. The van der Waals surface area contributed by atoms with Crippen molar-refractivity contribution in [3.63, 3.8) is 0 Å². The second-order valence-corrected chi connectivity index (χ2v) is 12.1. The second kappa shape index (κ2) is 10.7. The molecule has 3 aromatic rings. The summed E-state index contributed by atoms with van der Waals surface area (Å²) >= 11 is 4.35. The Morgan fingerprint density at radius 1 is 1.24 bits per heavy atom. The van der Waals surface area contributed by atoms with E-state index in [1.807, 2.05) is 29.3 Å². The first-order valence-electron chi connectivity index (χ1n) is 11.8. The highest BCUT2D eigenvalue weighted by Crippen LogP contribution is 2.40. The van der Waals surface area contributed by atoms with Gasteiger partial charge < -0.3 is 14.5 Å². The first-order valence-corrected chi connectivity index (χ1v) is 14.4. The van der Waals surface area contributed by atoms with Gasteiger partial charge in [-0.1, -0.05) is 29.7 Å². The maximum Gasteiger partial charge on any atom is 0.258 e. The zero-order valence-corrected chi connectivity index (χ0v) is 22.9. The van der Waals surface area contributed by atoms with Crippen LogP contribution in [0.1, 0.15) is 39.1 Å². The van der Waals surface area contributed by atoms with Crippen LogP contribution in [0.15, 0.2) is 56.9 Å². The van der Waals surface area contributed by atoms with Crippen LogP contribution in [-0.4, -0.2) is 64.8 Å². The summed E-state index contributed by atoms with van der Waals surface area (Å²) in [4.78, 5) is 47.3. The van der Waals surface area contributed by atoms with E-state index in [0.29, 0.717) is 35.1 Å². The quantitative estimate of drug-likeness (QED) is 0.417. The highest BCUT2D eigenvalue weighted by Gasteiger charge is 2.44. The topological polar surface area (TPSA) is 91.8 Å². The monoisotopic (exact) mass is 554 g/mol. The van der Waals surface area contributed by atoms with E-state index >= 15 is 0 Å². The van der Waals surface area contributed by atoms with Gasteiger partial charge in [0.15, 0.2) is 5.13 Å². The average molecular weight is 555 g/mol. The molecule has 1 N–H and O–H groups in total. The lowest BCUT2D eigenvalue weighted by molar-refractivity contribution is -0.128. The number of anilines is 1. The van der Waals surface area contributed by atoms with E-state index < -0.39 is 0 Å². The molecule has 0 spiro atoms. The molecule has 0 saturated carbocycles. The van der Waals surface area contributed by atoms with Gasteiger partial charge in [-0.25, -0.2) is 4.98 Å². The highest BCUT2D eigenvalue weighted by molar-refractivity contribution is 8.01. The van der Waals surface area contributed by atoms with Crippen LogP contribution in [0.2, 0.25) is 0 Å². The summed E-state index contributed by atoms with van der Waals surface area (Å²) in [7, 11) is 1.57. The summed E-state index contributed by atoms with van der Waals surface area (Å²) in [5.74, 6) is 0.171. The Bertz CT molecular complexity index is 1340. The van der Waals surface area contributed by atoms with Crippen LogP contribution in [0.5, 0.6) is 5.75 Å². The van der Waals surface area contributed by atoms with Crippen molar-refractivity contribution in [2.45, 2.75) is 41.0 Å². The first kappa shape index (κ1) is 25.5. The summed E-state index contributed by atoms with van der Waals surface area (Å²) in [5.41, 5.74) is 2.08. The smallest absolute Gasteiger partial charge is 0.258 e. The summed E-state index contributed by atoms with van der Waals surface area (Å²) in [6, 6.07) is 5.49. The molecule has 2 fully saturated rings. The number of amides is 3. The molecule has 3 amide bonds. The maximum atomic E-state index is 13.8. The largest absolute Gasteiger partial charge is 0.496 e. The van der Waals surface area contributed by atoms with Crippen molar-refractivity contribution in [1.29, 1.82) is 0 Å². The zero-order chi connectivity index (χ0) is 26.1. The van der Waals surface area contributed by atoms with Crippen molar-refractivity contribution in [3.05, 3.63) is 64.5 Å². The number of benzene rings is 1. The molecule has 2 aromatic heterocycles. The van der Waals surface area contributed by atoms with E-state index in [4.69, 9.17) is 4.74 Å². The molecular weight excluding hydrogens is 529 g/mol. The number of methoxy groups -OCH3 is 1. The number of rotatable bonds is 7. The van der Waals surface area contributed by atoms with Gasteiger partial charge in [-0.3, -0.25) is 19.7 Å². The predicted octanol–water partition coefficient (Wildman–Crippen LogP) is 4.93. The van der Waals surface area contributed by atoms with E-state index in [-0.39, 0.29) is 29.8 Å². The Morgan fingerprint density at radius 2 is 2.00 bits per heavy atom. The Morgan fingerprint density at radius 3 is 2.65 bits per heavy atom. The Labute approximate surface area is 227 Å². The number of piperazine rings is 1. The van der Waals surface area contributed by atoms with Crippen molar-refractivity contribution in [3.8, 4) is 5.75 Å². The molecule has 2 atom stereocenters. The fourth-order valence-corrected chi connectivity index (χ4v) is 7.40. The number of aryl methyl sites for hydroxylation is 1. The van der Waals surface area contributed by atoms with E-state index in [9.17, 15) is 14.4 Å². The lowest BCUT2D eigenvalue weighted by Crippen LogP contribution is -2.56. The Hall–Kier alpha value is -3.15. The molecular formula is C26H26N4O4S3. The Balaban J connectivity index is 1.35. The number of carbonyl (C=O) groups excluding carboxylic acids is 3. The van der Waals surface area contributed by atoms with Crippen LogP contribution in [-0.2, 0) is 4.79 Å². The molecule has 0 radical (unpaired) electrons. The van der Waals surface area contributed by atoms with Crippen LogP contribution >= 0.6 is 34.4 Å². The van der Waals surface area contributed by atoms with Gasteiger partial charge in [0.2, 0.25) is 5.91 Å². The van der Waals surface area contributed by atoms with Gasteiger partial charge in [-0.2, -0.15) is 11.3 Å². The Kier molecular flexibility index (Phi) is 7.36. The van der Waals surface area contributed by atoms with Gasteiger partial charge in [0.1, 0.15) is 5.75 Å². The molecule has 5 rings (SSSR count). The van der Waals surface area contributed by atoms with E-state index in [1.165, 1.54) is 40.5 Å². The predicted molar refractivity (Wildman–Crippen MR) is 146 cm³/mol. The van der Waals surface area contributed by atoms with Crippen LogP contribution in [0, 0.1) is 6.92 Å². The molecule has 8 nitrogen and oxygen atoms in total. The van der Waals surface area contributed by atoms with E-state index in [0.717, 1.165) is 27.5 Å². The van der Waals surface area contributed by atoms with E-state index in [2.05, 4.69) is 16.9 Å². The molecule has 2 aliphatic heterocycles. The third-order valence-corrected chi connectivity index (χ3v) is 9.49. The lowest BCUT2D eigenvalue weighted by atomic mass is 10.1. The third kappa shape index (κ3) is 5.16. The van der Waals surface area contributed by atoms with Crippen LogP contribution in [0.25, 0.3) is 0 Å². The average Bonchev–Trinajstić information content (AvgIpc) is 3.64. The molecule has 1 aromatic carbocycles. The summed E-state index contributed by atoms with van der Waals surface area (Å²) in [5, 5.41) is 7.00. The van der Waals surface area contributed by atoms with Gasteiger partial charge in [0.25, 0.3) is 11.8 Å². The zero-order valence-electron chi connectivity index (χ0n) is 20.4. The molecule has 4 heterocycles. The minimum Gasteiger partial charge on any atom is -0.496 e. The number of hydrogen-bond donors (Lipinski definition) is 1. The number of carbonyl (C=O) groups is 3. The van der Waals surface area contributed by atoms with Crippen molar-refractivity contribution in [1.82, 2.24) is 14.8 Å². The minimum absolute atomic E-state index is 0.0202. The highest BCUT2D eigenvalue weighted by atomic mass is 32.2. The van der Waals surface area contributed by atoms with Crippen molar-refractivity contribution in [2.75, 3.05) is 25.5 Å². The standard InChI is InChI=1S/C26H26N4O4S3/c1-4-22(31)29-12-17-5-6-18(13-29)30(17)25(33)19-10-21(15(2)9-20(19)34-3)36-23-11-27-26(37-23)28-24(32)16-7-8-35-14-16/h4,7-11,14,17-18H,1,5-6,12-13H2,2-3H3,(H,27,28,32)/t17-,18+. The number of fused-ring (bicyclic) bond motifs is 2. The molecule has 192 valence electrons. The fraction of sp³-hybridized carbons (Fsp3) is 0.308. The van der Waals surface area contributed by atoms with Gasteiger partial charge in [0, 0.05) is 23.4 Å². The molecule has 0 unspecified atom stereocenters. The molecule has 2 saturated heterocycles. The number of thiophene rings is 1. The molecule has 0 aliphatic carbocycles. The lowest BCUT2D eigenvalue weighted by Gasteiger charge is -2.41. The van der Waals surface area contributed by atoms with Gasteiger partial charge >= 0.3 is 0 Å².